The Hall–Kier alpha value is -1.78. The number of carboxylic acids is 1. The quantitative estimate of drug-likeness (QED) is 0.648. The Kier molecular flexibility index (Phi) is 5.73. The van der Waals surface area contributed by atoms with Crippen molar-refractivity contribution in [1.82, 2.24) is 4.72 Å². The standard InChI is InChI=1S/C14H18N2O6S2/c1-8-13(17)15-11-7-9(3-4-12(11)22-8)24(20,21)16-10(14(18)19)5-6-23-2/h3-4,7-8,10,16H,5-6H2,1-2H3,(H,15,17)(H,18,19)/t8-,10-/m0/s1. The van der Waals surface area contributed by atoms with Crippen LogP contribution >= 0.6 is 11.8 Å². The molecule has 1 aromatic rings. The van der Waals surface area contributed by atoms with E-state index in [1.165, 1.54) is 30.0 Å². The molecule has 1 amide bonds. The number of carboxylic acid groups (broad SMARTS) is 1. The van der Waals surface area contributed by atoms with E-state index >= 15 is 0 Å². The summed E-state index contributed by atoms with van der Waals surface area (Å²) >= 11 is 1.43. The molecule has 0 aliphatic carbocycles. The molecule has 1 aromatic carbocycles. The normalized spacial score (nSPS) is 18.2. The van der Waals surface area contributed by atoms with Gasteiger partial charge in [0.05, 0.1) is 10.6 Å². The first-order valence-electron chi connectivity index (χ1n) is 7.10. The number of carbonyl (C=O) groups is 2. The predicted molar refractivity (Wildman–Crippen MR) is 89.9 cm³/mol. The number of rotatable bonds is 7. The van der Waals surface area contributed by atoms with Gasteiger partial charge >= 0.3 is 5.97 Å². The number of fused-ring (bicyclic) bond motifs is 1. The number of hydrogen-bond acceptors (Lipinski definition) is 6. The lowest BCUT2D eigenvalue weighted by Gasteiger charge is -2.23. The van der Waals surface area contributed by atoms with Crippen molar-refractivity contribution >= 4 is 39.3 Å². The molecular weight excluding hydrogens is 356 g/mol. The summed E-state index contributed by atoms with van der Waals surface area (Å²) in [5, 5.41) is 11.7. The molecule has 0 aromatic heterocycles. The van der Waals surface area contributed by atoms with Crippen molar-refractivity contribution in [2.24, 2.45) is 0 Å². The second-order valence-corrected chi connectivity index (χ2v) is 7.90. The van der Waals surface area contributed by atoms with Gasteiger partial charge in [-0.2, -0.15) is 16.5 Å². The highest BCUT2D eigenvalue weighted by atomic mass is 32.2. The van der Waals surface area contributed by atoms with Gasteiger partial charge in [0.15, 0.2) is 6.10 Å². The van der Waals surface area contributed by atoms with Gasteiger partial charge in [-0.05, 0) is 43.6 Å². The molecule has 0 spiro atoms. The SMILES string of the molecule is CSCC[C@H](NS(=O)(=O)c1ccc2c(c1)NC(=O)[C@H](C)O2)C(=O)O. The minimum absolute atomic E-state index is 0.143. The molecule has 8 nitrogen and oxygen atoms in total. The monoisotopic (exact) mass is 374 g/mol. The third-order valence-electron chi connectivity index (χ3n) is 3.40. The highest BCUT2D eigenvalue weighted by Crippen LogP contribution is 2.31. The first-order chi connectivity index (χ1) is 11.2. The first-order valence-corrected chi connectivity index (χ1v) is 9.98. The molecule has 0 saturated carbocycles. The molecule has 0 bridgehead atoms. The largest absolute Gasteiger partial charge is 0.480 e. The number of benzene rings is 1. The van der Waals surface area contributed by atoms with E-state index in [1.54, 1.807) is 13.2 Å². The Morgan fingerprint density at radius 2 is 2.21 bits per heavy atom. The van der Waals surface area contributed by atoms with Gasteiger partial charge in [0.1, 0.15) is 11.8 Å². The summed E-state index contributed by atoms with van der Waals surface area (Å²) < 4.78 is 32.4. The number of hydrogen-bond donors (Lipinski definition) is 3. The summed E-state index contributed by atoms with van der Waals surface area (Å²) in [4.78, 5) is 22.7. The molecule has 132 valence electrons. The Morgan fingerprint density at radius 3 is 2.83 bits per heavy atom. The van der Waals surface area contributed by atoms with Gasteiger partial charge in [0.2, 0.25) is 10.0 Å². The van der Waals surface area contributed by atoms with E-state index in [0.29, 0.717) is 11.5 Å². The Labute approximate surface area is 144 Å². The molecule has 10 heteroatoms. The zero-order chi connectivity index (χ0) is 17.9. The number of ether oxygens (including phenoxy) is 1. The van der Waals surface area contributed by atoms with Crippen LogP contribution in [0.3, 0.4) is 0 Å². The molecule has 0 saturated heterocycles. The summed E-state index contributed by atoms with van der Waals surface area (Å²) in [5.41, 5.74) is 0.233. The minimum atomic E-state index is -4.05. The number of sulfonamides is 1. The zero-order valence-corrected chi connectivity index (χ0v) is 14.7. The molecule has 0 unspecified atom stereocenters. The Bertz CT molecular complexity index is 750. The fourth-order valence-electron chi connectivity index (χ4n) is 2.08. The fraction of sp³-hybridized carbons (Fsp3) is 0.429. The maximum Gasteiger partial charge on any atom is 0.321 e. The molecule has 2 rings (SSSR count). The van der Waals surface area contributed by atoms with Crippen molar-refractivity contribution in [3.63, 3.8) is 0 Å². The van der Waals surface area contributed by atoms with E-state index in [9.17, 15) is 18.0 Å². The van der Waals surface area contributed by atoms with E-state index in [2.05, 4.69) is 10.0 Å². The summed E-state index contributed by atoms with van der Waals surface area (Å²) in [6.45, 7) is 1.58. The van der Waals surface area contributed by atoms with Crippen LogP contribution in [0.2, 0.25) is 0 Å². The Balaban J connectivity index is 2.25. The van der Waals surface area contributed by atoms with Crippen LogP contribution in [0, 0.1) is 0 Å². The van der Waals surface area contributed by atoms with Crippen molar-refractivity contribution in [3.05, 3.63) is 18.2 Å². The van der Waals surface area contributed by atoms with Crippen molar-refractivity contribution in [3.8, 4) is 5.75 Å². The second-order valence-electron chi connectivity index (χ2n) is 5.20. The third-order valence-corrected chi connectivity index (χ3v) is 5.51. The van der Waals surface area contributed by atoms with Gasteiger partial charge in [-0.25, -0.2) is 8.42 Å². The average Bonchev–Trinajstić information content (AvgIpc) is 2.51. The Morgan fingerprint density at radius 1 is 1.50 bits per heavy atom. The molecule has 1 aliphatic heterocycles. The molecule has 2 atom stereocenters. The lowest BCUT2D eigenvalue weighted by atomic mass is 10.2. The van der Waals surface area contributed by atoms with Gasteiger partial charge in [-0.1, -0.05) is 0 Å². The number of carbonyl (C=O) groups excluding carboxylic acids is 1. The van der Waals surface area contributed by atoms with Crippen molar-refractivity contribution in [2.45, 2.75) is 30.4 Å². The summed E-state index contributed by atoms with van der Waals surface area (Å²) in [7, 11) is -4.05. The maximum absolute atomic E-state index is 12.4. The number of amides is 1. The molecule has 0 radical (unpaired) electrons. The molecule has 3 N–H and O–H groups in total. The van der Waals surface area contributed by atoms with Crippen molar-refractivity contribution in [2.75, 3.05) is 17.3 Å². The van der Waals surface area contributed by atoms with Gasteiger partial charge in [-0.3, -0.25) is 9.59 Å². The van der Waals surface area contributed by atoms with E-state index in [-0.39, 0.29) is 22.9 Å². The number of nitrogens with one attached hydrogen (secondary N) is 2. The predicted octanol–water partition coefficient (Wildman–Crippen LogP) is 0.891. The fourth-order valence-corrected chi connectivity index (χ4v) is 3.80. The van der Waals surface area contributed by atoms with Gasteiger partial charge in [0.25, 0.3) is 5.91 Å². The minimum Gasteiger partial charge on any atom is -0.480 e. The number of thioether (sulfide) groups is 1. The van der Waals surface area contributed by atoms with Crippen LogP contribution in [0.15, 0.2) is 23.1 Å². The maximum atomic E-state index is 12.4. The molecule has 24 heavy (non-hydrogen) atoms. The summed E-state index contributed by atoms with van der Waals surface area (Å²) in [5.74, 6) is -0.756. The van der Waals surface area contributed by atoms with Gasteiger partial charge < -0.3 is 15.2 Å². The topological polar surface area (TPSA) is 122 Å². The van der Waals surface area contributed by atoms with Gasteiger partial charge in [-0.15, -0.1) is 0 Å². The first kappa shape index (κ1) is 18.6. The van der Waals surface area contributed by atoms with Crippen LogP contribution in [0.5, 0.6) is 5.75 Å². The smallest absolute Gasteiger partial charge is 0.321 e. The van der Waals surface area contributed by atoms with Crippen LogP contribution in [0.1, 0.15) is 13.3 Å². The van der Waals surface area contributed by atoms with E-state index < -0.39 is 28.1 Å². The van der Waals surface area contributed by atoms with Crippen LogP contribution in [-0.2, 0) is 19.6 Å². The van der Waals surface area contributed by atoms with Crippen LogP contribution in [0.25, 0.3) is 0 Å². The highest BCUT2D eigenvalue weighted by molar-refractivity contribution is 7.98. The molecule has 1 aliphatic rings. The van der Waals surface area contributed by atoms with Crippen LogP contribution in [0.4, 0.5) is 5.69 Å². The average molecular weight is 374 g/mol. The highest BCUT2D eigenvalue weighted by Gasteiger charge is 2.28. The van der Waals surface area contributed by atoms with E-state index in [0.717, 1.165) is 0 Å². The van der Waals surface area contributed by atoms with E-state index in [1.807, 2.05) is 0 Å². The molecule has 0 fully saturated rings. The van der Waals surface area contributed by atoms with Crippen molar-refractivity contribution < 1.29 is 27.9 Å². The van der Waals surface area contributed by atoms with Gasteiger partial charge in [0, 0.05) is 0 Å². The second kappa shape index (κ2) is 7.41. The molecular formula is C14H18N2O6S2. The number of anilines is 1. The zero-order valence-electron chi connectivity index (χ0n) is 13.1. The van der Waals surface area contributed by atoms with E-state index in [4.69, 9.17) is 9.84 Å². The summed E-state index contributed by atoms with van der Waals surface area (Å²) in [6.07, 6.45) is 1.31. The number of aliphatic carboxylic acids is 1. The molecule has 1 heterocycles. The third kappa shape index (κ3) is 4.19. The van der Waals surface area contributed by atoms with Crippen LogP contribution in [-0.4, -0.2) is 49.6 Å². The van der Waals surface area contributed by atoms with Crippen molar-refractivity contribution in [1.29, 1.82) is 0 Å². The lowest BCUT2D eigenvalue weighted by molar-refractivity contribution is -0.139. The van der Waals surface area contributed by atoms with Crippen LogP contribution < -0.4 is 14.8 Å². The summed E-state index contributed by atoms with van der Waals surface area (Å²) in [6, 6.07) is 2.76. The lowest BCUT2D eigenvalue weighted by Crippen LogP contribution is -2.41.